The summed E-state index contributed by atoms with van der Waals surface area (Å²) in [5, 5.41) is 3.05. The fraction of sp³-hybridized carbons (Fsp3) is 0.444. The number of nitrogens with zero attached hydrogens (tertiary/aromatic N) is 1. The molecule has 0 fully saturated rings. The molecule has 0 aliphatic carbocycles. The monoisotopic (exact) mass is 229 g/mol. The summed E-state index contributed by atoms with van der Waals surface area (Å²) in [5.74, 6) is 0.190. The first kappa shape index (κ1) is 11.8. The predicted molar refractivity (Wildman–Crippen MR) is 61.5 cm³/mol. The van der Waals surface area contributed by atoms with Gasteiger partial charge in [-0.25, -0.2) is 8.42 Å². The van der Waals surface area contributed by atoms with Crippen LogP contribution in [-0.2, 0) is 9.84 Å². The summed E-state index contributed by atoms with van der Waals surface area (Å²) >= 11 is 0. The molecule has 84 valence electrons. The highest BCUT2D eigenvalue weighted by molar-refractivity contribution is 7.90. The molecule has 0 aromatic carbocycles. The molecule has 1 aromatic heterocycles. The van der Waals surface area contributed by atoms with Crippen LogP contribution in [0.4, 0.5) is 11.4 Å². The number of rotatable bonds is 5. The number of aromatic nitrogens is 1. The lowest BCUT2D eigenvalue weighted by molar-refractivity contribution is 0.600. The van der Waals surface area contributed by atoms with E-state index in [0.29, 0.717) is 18.7 Å². The van der Waals surface area contributed by atoms with Gasteiger partial charge in [0.25, 0.3) is 0 Å². The Labute approximate surface area is 89.6 Å². The van der Waals surface area contributed by atoms with E-state index in [4.69, 9.17) is 5.73 Å². The van der Waals surface area contributed by atoms with Gasteiger partial charge in [-0.15, -0.1) is 0 Å². The minimum absolute atomic E-state index is 0.190. The van der Waals surface area contributed by atoms with Crippen LogP contribution in [0.5, 0.6) is 0 Å². The van der Waals surface area contributed by atoms with E-state index in [1.54, 1.807) is 18.5 Å². The van der Waals surface area contributed by atoms with Crippen LogP contribution in [0, 0.1) is 0 Å². The topological polar surface area (TPSA) is 85.1 Å². The zero-order valence-corrected chi connectivity index (χ0v) is 9.42. The second kappa shape index (κ2) is 4.97. The normalized spacial score (nSPS) is 11.3. The second-order valence-corrected chi connectivity index (χ2v) is 5.68. The Hall–Kier alpha value is -1.30. The molecule has 6 heteroatoms. The Morgan fingerprint density at radius 2 is 2.20 bits per heavy atom. The summed E-state index contributed by atoms with van der Waals surface area (Å²) in [6, 6.07) is 1.76. The van der Waals surface area contributed by atoms with Gasteiger partial charge in [-0.1, -0.05) is 0 Å². The lowest BCUT2D eigenvalue weighted by Crippen LogP contribution is -2.09. The van der Waals surface area contributed by atoms with Crippen molar-refractivity contribution >= 4 is 21.2 Å². The van der Waals surface area contributed by atoms with Crippen molar-refractivity contribution in [3.05, 3.63) is 18.5 Å². The largest absolute Gasteiger partial charge is 0.397 e. The van der Waals surface area contributed by atoms with Crippen molar-refractivity contribution in [2.45, 2.75) is 6.42 Å². The smallest absolute Gasteiger partial charge is 0.147 e. The van der Waals surface area contributed by atoms with E-state index in [9.17, 15) is 8.42 Å². The van der Waals surface area contributed by atoms with Gasteiger partial charge in [-0.3, -0.25) is 4.98 Å². The number of sulfone groups is 1. The van der Waals surface area contributed by atoms with Gasteiger partial charge in [-0.2, -0.15) is 0 Å². The lowest BCUT2D eigenvalue weighted by Gasteiger charge is -2.05. The highest BCUT2D eigenvalue weighted by Crippen LogP contribution is 2.08. The fourth-order valence-electron chi connectivity index (χ4n) is 1.12. The maximum Gasteiger partial charge on any atom is 0.147 e. The van der Waals surface area contributed by atoms with Crippen molar-refractivity contribution in [2.75, 3.05) is 29.6 Å². The van der Waals surface area contributed by atoms with Crippen molar-refractivity contribution in [3.63, 3.8) is 0 Å². The Morgan fingerprint density at radius 1 is 1.47 bits per heavy atom. The molecule has 3 N–H and O–H groups in total. The SMILES string of the molecule is CS(=O)(=O)CCCNc1cncc(N)c1. The molecule has 0 saturated heterocycles. The van der Waals surface area contributed by atoms with Crippen molar-refractivity contribution < 1.29 is 8.42 Å². The second-order valence-electron chi connectivity index (χ2n) is 3.42. The molecule has 1 heterocycles. The van der Waals surface area contributed by atoms with E-state index in [1.165, 1.54) is 6.26 Å². The number of anilines is 2. The summed E-state index contributed by atoms with van der Waals surface area (Å²) in [5.41, 5.74) is 6.93. The standard InChI is InChI=1S/C9H15N3O2S/c1-15(13,14)4-2-3-12-9-5-8(10)6-11-7-9/h5-7,12H,2-4,10H2,1H3. The highest BCUT2D eigenvalue weighted by atomic mass is 32.2. The van der Waals surface area contributed by atoms with Crippen LogP contribution in [0.1, 0.15) is 6.42 Å². The van der Waals surface area contributed by atoms with E-state index >= 15 is 0 Å². The molecule has 0 aliphatic rings. The van der Waals surface area contributed by atoms with Crippen LogP contribution in [0.2, 0.25) is 0 Å². The minimum atomic E-state index is -2.87. The van der Waals surface area contributed by atoms with Crippen LogP contribution >= 0.6 is 0 Å². The lowest BCUT2D eigenvalue weighted by atomic mass is 10.3. The number of hydrogen-bond donors (Lipinski definition) is 2. The number of nitrogens with two attached hydrogens (primary N) is 1. The predicted octanol–water partition coefficient (Wildman–Crippen LogP) is 0.510. The average Bonchev–Trinajstić information content (AvgIpc) is 2.11. The molecule has 0 unspecified atom stereocenters. The molecular formula is C9H15N3O2S. The van der Waals surface area contributed by atoms with Gasteiger partial charge in [0.15, 0.2) is 0 Å². The number of nitrogen functional groups attached to an aromatic ring is 1. The average molecular weight is 229 g/mol. The minimum Gasteiger partial charge on any atom is -0.397 e. The van der Waals surface area contributed by atoms with E-state index in [1.807, 2.05) is 0 Å². The molecule has 5 nitrogen and oxygen atoms in total. The molecule has 0 saturated carbocycles. The number of nitrogens with one attached hydrogen (secondary N) is 1. The van der Waals surface area contributed by atoms with E-state index in [-0.39, 0.29) is 5.75 Å². The molecule has 1 rings (SSSR count). The fourth-order valence-corrected chi connectivity index (χ4v) is 1.79. The van der Waals surface area contributed by atoms with Crippen LogP contribution in [0.3, 0.4) is 0 Å². The quantitative estimate of drug-likeness (QED) is 0.719. The zero-order valence-electron chi connectivity index (χ0n) is 8.60. The van der Waals surface area contributed by atoms with Crippen LogP contribution in [0.15, 0.2) is 18.5 Å². The zero-order chi connectivity index (χ0) is 11.3. The Bertz CT molecular complexity index is 417. The molecule has 0 amide bonds. The Morgan fingerprint density at radius 3 is 2.80 bits per heavy atom. The maximum absolute atomic E-state index is 10.8. The summed E-state index contributed by atoms with van der Waals surface area (Å²) in [6.45, 7) is 0.595. The van der Waals surface area contributed by atoms with Gasteiger partial charge in [0.1, 0.15) is 9.84 Å². The first-order valence-electron chi connectivity index (χ1n) is 4.59. The molecule has 0 atom stereocenters. The Balaban J connectivity index is 2.32. The first-order chi connectivity index (χ1) is 6.97. The number of hydrogen-bond acceptors (Lipinski definition) is 5. The highest BCUT2D eigenvalue weighted by Gasteiger charge is 2.00. The third kappa shape index (κ3) is 5.21. The molecule has 15 heavy (non-hydrogen) atoms. The summed E-state index contributed by atoms with van der Waals surface area (Å²) in [7, 11) is -2.87. The third-order valence-electron chi connectivity index (χ3n) is 1.78. The van der Waals surface area contributed by atoms with Gasteiger partial charge in [0.05, 0.1) is 23.3 Å². The van der Waals surface area contributed by atoms with Crippen molar-refractivity contribution in [3.8, 4) is 0 Å². The molecule has 0 bridgehead atoms. The van der Waals surface area contributed by atoms with E-state index < -0.39 is 9.84 Å². The van der Waals surface area contributed by atoms with Crippen LogP contribution in [0.25, 0.3) is 0 Å². The van der Waals surface area contributed by atoms with Crippen LogP contribution < -0.4 is 11.1 Å². The van der Waals surface area contributed by atoms with E-state index in [2.05, 4.69) is 10.3 Å². The first-order valence-corrected chi connectivity index (χ1v) is 6.65. The summed E-state index contributed by atoms with van der Waals surface area (Å²) in [6.07, 6.45) is 5.02. The molecule has 0 spiro atoms. The summed E-state index contributed by atoms with van der Waals surface area (Å²) in [4.78, 5) is 3.91. The van der Waals surface area contributed by atoms with Crippen molar-refractivity contribution in [1.82, 2.24) is 4.98 Å². The number of pyridine rings is 1. The maximum atomic E-state index is 10.8. The van der Waals surface area contributed by atoms with Gasteiger partial charge >= 0.3 is 0 Å². The molecule has 1 aromatic rings. The van der Waals surface area contributed by atoms with Crippen LogP contribution in [-0.4, -0.2) is 32.0 Å². The van der Waals surface area contributed by atoms with Crippen molar-refractivity contribution in [1.29, 1.82) is 0 Å². The summed E-state index contributed by atoms with van der Waals surface area (Å²) < 4.78 is 21.7. The Kier molecular flexibility index (Phi) is 3.90. The van der Waals surface area contributed by atoms with Gasteiger partial charge < -0.3 is 11.1 Å². The van der Waals surface area contributed by atoms with Gasteiger partial charge in [0, 0.05) is 19.0 Å². The van der Waals surface area contributed by atoms with Gasteiger partial charge in [-0.05, 0) is 12.5 Å². The molecule has 0 radical (unpaired) electrons. The van der Waals surface area contributed by atoms with Crippen molar-refractivity contribution in [2.24, 2.45) is 0 Å². The molecule has 0 aliphatic heterocycles. The third-order valence-corrected chi connectivity index (χ3v) is 2.81. The van der Waals surface area contributed by atoms with Gasteiger partial charge in [0.2, 0.25) is 0 Å². The van der Waals surface area contributed by atoms with E-state index in [0.717, 1.165) is 5.69 Å². The molecular weight excluding hydrogens is 214 g/mol.